The van der Waals surface area contributed by atoms with Gasteiger partial charge in [0.1, 0.15) is 0 Å². The average molecular weight is 363 g/mol. The zero-order valence-electron chi connectivity index (χ0n) is 15.8. The van der Waals surface area contributed by atoms with Crippen molar-refractivity contribution in [2.45, 2.75) is 33.8 Å². The summed E-state index contributed by atoms with van der Waals surface area (Å²) in [5.41, 5.74) is 2.44. The second-order valence-corrected chi connectivity index (χ2v) is 6.62. The number of hydrogen-bond donors (Lipinski definition) is 1. The maximum Gasteiger partial charge on any atom is 0.339 e. The van der Waals surface area contributed by atoms with Crippen molar-refractivity contribution in [3.05, 3.63) is 70.5 Å². The van der Waals surface area contributed by atoms with Gasteiger partial charge in [0.05, 0.1) is 11.3 Å². The number of H-pyrrole nitrogens is 1. The smallest absolute Gasteiger partial charge is 0.339 e. The van der Waals surface area contributed by atoms with E-state index >= 15 is 0 Å². The molecule has 0 fully saturated rings. The molecule has 0 saturated carbocycles. The summed E-state index contributed by atoms with van der Waals surface area (Å²) in [7, 11) is 0. The van der Waals surface area contributed by atoms with E-state index in [0.717, 1.165) is 10.8 Å². The highest BCUT2D eigenvalue weighted by Crippen LogP contribution is 2.22. The van der Waals surface area contributed by atoms with Gasteiger partial charge in [-0.1, -0.05) is 36.4 Å². The third kappa shape index (κ3) is 3.40. The molecule has 0 aliphatic heterocycles. The Balaban J connectivity index is 1.86. The van der Waals surface area contributed by atoms with Gasteiger partial charge < -0.3 is 9.72 Å². The third-order valence-electron chi connectivity index (χ3n) is 4.70. The molecule has 5 heteroatoms. The van der Waals surface area contributed by atoms with E-state index < -0.39 is 12.1 Å². The van der Waals surface area contributed by atoms with Crippen LogP contribution in [0.15, 0.2) is 42.5 Å². The van der Waals surface area contributed by atoms with Gasteiger partial charge in [-0.3, -0.25) is 9.59 Å². The van der Waals surface area contributed by atoms with Crippen molar-refractivity contribution < 1.29 is 19.1 Å². The number of ketones is 2. The second kappa shape index (κ2) is 7.19. The van der Waals surface area contributed by atoms with E-state index in [1.165, 1.54) is 13.8 Å². The number of hydrogen-bond acceptors (Lipinski definition) is 4. The van der Waals surface area contributed by atoms with Crippen molar-refractivity contribution in [3.8, 4) is 0 Å². The minimum atomic E-state index is -0.979. The fraction of sp³-hybridized carbons (Fsp3) is 0.227. The van der Waals surface area contributed by atoms with Gasteiger partial charge in [0.15, 0.2) is 11.9 Å². The largest absolute Gasteiger partial charge is 0.451 e. The van der Waals surface area contributed by atoms with Gasteiger partial charge in [0.25, 0.3) is 0 Å². The van der Waals surface area contributed by atoms with Crippen molar-refractivity contribution in [1.82, 2.24) is 4.98 Å². The lowest BCUT2D eigenvalue weighted by molar-refractivity contribution is 0.0319. The molecule has 0 spiro atoms. The van der Waals surface area contributed by atoms with Crippen LogP contribution in [0.1, 0.15) is 56.3 Å². The molecule has 5 nitrogen and oxygen atoms in total. The predicted octanol–water partition coefficient (Wildman–Crippen LogP) is 4.42. The third-order valence-corrected chi connectivity index (χ3v) is 4.70. The molecule has 0 aliphatic carbocycles. The maximum absolute atomic E-state index is 12.8. The second-order valence-electron chi connectivity index (χ2n) is 6.62. The Morgan fingerprint density at radius 1 is 1.00 bits per heavy atom. The van der Waals surface area contributed by atoms with Crippen molar-refractivity contribution in [2.75, 3.05) is 0 Å². The lowest BCUT2D eigenvalue weighted by Gasteiger charge is -2.13. The van der Waals surface area contributed by atoms with Crippen LogP contribution < -0.4 is 0 Å². The van der Waals surface area contributed by atoms with E-state index in [2.05, 4.69) is 4.98 Å². The molecule has 138 valence electrons. The van der Waals surface area contributed by atoms with Crippen LogP contribution in [0.4, 0.5) is 0 Å². The van der Waals surface area contributed by atoms with Crippen LogP contribution in [0.25, 0.3) is 10.8 Å². The van der Waals surface area contributed by atoms with Gasteiger partial charge in [-0.15, -0.1) is 0 Å². The number of aryl methyl sites for hydroxylation is 1. The Labute approximate surface area is 157 Å². The summed E-state index contributed by atoms with van der Waals surface area (Å²) in [4.78, 5) is 40.1. The van der Waals surface area contributed by atoms with Gasteiger partial charge in [-0.25, -0.2) is 4.79 Å². The topological polar surface area (TPSA) is 76.2 Å². The molecule has 2 aromatic carbocycles. The van der Waals surface area contributed by atoms with Crippen molar-refractivity contribution in [2.24, 2.45) is 0 Å². The molecule has 0 radical (unpaired) electrons. The zero-order valence-corrected chi connectivity index (χ0v) is 15.8. The van der Waals surface area contributed by atoms with Crippen LogP contribution in [0, 0.1) is 13.8 Å². The number of carbonyl (C=O) groups is 3. The van der Waals surface area contributed by atoms with Crippen LogP contribution >= 0.6 is 0 Å². The fourth-order valence-electron chi connectivity index (χ4n) is 3.41. The van der Waals surface area contributed by atoms with Crippen molar-refractivity contribution in [3.63, 3.8) is 0 Å². The van der Waals surface area contributed by atoms with Crippen LogP contribution in [-0.2, 0) is 4.74 Å². The molecule has 1 atom stereocenters. The van der Waals surface area contributed by atoms with Gasteiger partial charge >= 0.3 is 5.97 Å². The molecule has 3 rings (SSSR count). The molecule has 27 heavy (non-hydrogen) atoms. The van der Waals surface area contributed by atoms with E-state index in [-0.39, 0.29) is 11.6 Å². The van der Waals surface area contributed by atoms with Gasteiger partial charge in [-0.2, -0.15) is 0 Å². The maximum atomic E-state index is 12.8. The van der Waals surface area contributed by atoms with E-state index in [4.69, 9.17) is 4.74 Å². The highest BCUT2D eigenvalue weighted by Gasteiger charge is 2.26. The number of carbonyl (C=O) groups excluding carboxylic acids is 3. The number of Topliss-reactive ketones (excluding diaryl/α,β-unsaturated/α-hetero) is 2. The molecule has 1 aromatic heterocycles. The first-order chi connectivity index (χ1) is 12.8. The summed E-state index contributed by atoms with van der Waals surface area (Å²) < 4.78 is 5.43. The molecular formula is C22H21NO4. The first-order valence-corrected chi connectivity index (χ1v) is 8.74. The zero-order chi connectivity index (χ0) is 19.7. The molecule has 0 unspecified atom stereocenters. The van der Waals surface area contributed by atoms with E-state index in [9.17, 15) is 14.4 Å². The van der Waals surface area contributed by atoms with Crippen LogP contribution in [0.3, 0.4) is 0 Å². The molecular weight excluding hydrogens is 342 g/mol. The molecule has 0 aliphatic rings. The summed E-state index contributed by atoms with van der Waals surface area (Å²) in [6.45, 7) is 6.45. The summed E-state index contributed by atoms with van der Waals surface area (Å²) in [6, 6.07) is 12.9. The summed E-state index contributed by atoms with van der Waals surface area (Å²) in [5.74, 6) is -1.03. The van der Waals surface area contributed by atoms with Gasteiger partial charge in [-0.05, 0) is 50.1 Å². The highest BCUT2D eigenvalue weighted by molar-refractivity contribution is 6.08. The first-order valence-electron chi connectivity index (χ1n) is 8.74. The van der Waals surface area contributed by atoms with Gasteiger partial charge in [0.2, 0.25) is 5.78 Å². The molecule has 0 saturated heterocycles. The summed E-state index contributed by atoms with van der Waals surface area (Å²) in [6.07, 6.45) is -0.979. The van der Waals surface area contributed by atoms with Gasteiger partial charge in [0, 0.05) is 11.3 Å². The van der Waals surface area contributed by atoms with E-state index in [1.54, 1.807) is 26.0 Å². The van der Waals surface area contributed by atoms with Crippen LogP contribution in [0.2, 0.25) is 0 Å². The Bertz CT molecular complexity index is 1060. The lowest BCUT2D eigenvalue weighted by atomic mass is 10.0. The summed E-state index contributed by atoms with van der Waals surface area (Å²) in [5, 5.41) is 1.70. The number of aromatic nitrogens is 1. The molecule has 1 N–H and O–H groups in total. The number of ether oxygens (including phenoxy) is 1. The quantitative estimate of drug-likeness (QED) is 0.538. The summed E-state index contributed by atoms with van der Waals surface area (Å²) >= 11 is 0. The van der Waals surface area contributed by atoms with E-state index in [1.807, 2.05) is 30.3 Å². The van der Waals surface area contributed by atoms with E-state index in [0.29, 0.717) is 28.1 Å². The number of nitrogens with one attached hydrogen (secondary N) is 1. The Morgan fingerprint density at radius 3 is 2.33 bits per heavy atom. The number of aromatic amines is 1. The first kappa shape index (κ1) is 18.6. The predicted molar refractivity (Wildman–Crippen MR) is 103 cm³/mol. The Hall–Kier alpha value is -3.21. The fourth-order valence-corrected chi connectivity index (χ4v) is 3.41. The highest BCUT2D eigenvalue weighted by atomic mass is 16.5. The van der Waals surface area contributed by atoms with Crippen molar-refractivity contribution >= 4 is 28.3 Å². The average Bonchev–Trinajstić information content (AvgIpc) is 2.94. The minimum absolute atomic E-state index is 0.110. The Kier molecular flexibility index (Phi) is 4.95. The monoisotopic (exact) mass is 363 g/mol. The number of rotatable bonds is 5. The Morgan fingerprint density at radius 2 is 1.67 bits per heavy atom. The standard InChI is InChI=1S/C22H21NO4/c1-12-19(14(3)24)13(2)23-20(12)21(25)15(4)27-22(26)18-11-7-9-16-8-5-6-10-17(16)18/h5-11,15,23H,1-4H3/t15-/m1/s1. The van der Waals surface area contributed by atoms with Crippen LogP contribution in [0.5, 0.6) is 0 Å². The molecule has 0 bridgehead atoms. The number of fused-ring (bicyclic) bond motifs is 1. The molecule has 1 heterocycles. The molecule has 3 aromatic rings. The lowest BCUT2D eigenvalue weighted by Crippen LogP contribution is -2.25. The molecule has 0 amide bonds. The number of esters is 1. The SMILES string of the molecule is CC(=O)c1c(C)[nH]c(C(=O)[C@@H](C)OC(=O)c2cccc3ccccc23)c1C. The number of benzene rings is 2. The normalized spacial score (nSPS) is 12.0. The minimum Gasteiger partial charge on any atom is -0.451 e. The van der Waals surface area contributed by atoms with Crippen LogP contribution in [-0.4, -0.2) is 28.6 Å². The van der Waals surface area contributed by atoms with Crippen molar-refractivity contribution in [1.29, 1.82) is 0 Å².